The lowest BCUT2D eigenvalue weighted by atomic mass is 9.99. The number of thioether (sulfide) groups is 1. The van der Waals surface area contributed by atoms with E-state index in [-0.39, 0.29) is 11.7 Å². The highest BCUT2D eigenvalue weighted by molar-refractivity contribution is 8.00. The van der Waals surface area contributed by atoms with Gasteiger partial charge in [-0.05, 0) is 54.9 Å². The van der Waals surface area contributed by atoms with Gasteiger partial charge in [-0.15, -0.1) is 11.3 Å². The molecule has 3 aromatic heterocycles. The van der Waals surface area contributed by atoms with Gasteiger partial charge in [0.2, 0.25) is 5.91 Å². The van der Waals surface area contributed by atoms with Crippen LogP contribution in [0.2, 0.25) is 0 Å². The molecule has 6 nitrogen and oxygen atoms in total. The number of fused-ring (bicyclic) bond motifs is 5. The fourth-order valence-corrected chi connectivity index (χ4v) is 6.50. The van der Waals surface area contributed by atoms with Crippen molar-refractivity contribution in [2.24, 2.45) is 5.92 Å². The van der Waals surface area contributed by atoms with Crippen LogP contribution in [0.5, 0.6) is 5.75 Å². The summed E-state index contributed by atoms with van der Waals surface area (Å²) in [6.07, 6.45) is 5.98. The van der Waals surface area contributed by atoms with Gasteiger partial charge >= 0.3 is 0 Å². The second-order valence-corrected chi connectivity index (χ2v) is 10.6. The van der Waals surface area contributed by atoms with Gasteiger partial charge in [-0.1, -0.05) is 31.7 Å². The second-order valence-electron chi connectivity index (χ2n) is 8.67. The third kappa shape index (κ3) is 4.42. The van der Waals surface area contributed by atoms with E-state index in [0.29, 0.717) is 17.4 Å². The maximum absolute atomic E-state index is 12.6. The van der Waals surface area contributed by atoms with Crippen molar-refractivity contribution in [2.75, 3.05) is 18.2 Å². The Bertz CT molecular complexity index is 1350. The Labute approximate surface area is 201 Å². The number of nitrogens with one attached hydrogen (secondary N) is 1. The van der Waals surface area contributed by atoms with E-state index in [1.54, 1.807) is 30.8 Å². The van der Waals surface area contributed by atoms with E-state index in [1.807, 2.05) is 18.2 Å². The number of carbonyl (C=O) groups is 1. The van der Waals surface area contributed by atoms with Crippen LogP contribution in [-0.2, 0) is 24.1 Å². The Balaban J connectivity index is 1.43. The number of anilines is 1. The predicted octanol–water partition coefficient (Wildman–Crippen LogP) is 5.67. The van der Waals surface area contributed by atoms with Crippen LogP contribution in [0, 0.1) is 5.92 Å². The number of ether oxygens (including phenoxy) is 1. The molecular formula is C25H26N4O2S2. The van der Waals surface area contributed by atoms with Crippen LogP contribution in [0.4, 0.5) is 5.69 Å². The fourth-order valence-electron chi connectivity index (χ4n) is 4.45. The van der Waals surface area contributed by atoms with Crippen LogP contribution in [0.25, 0.3) is 20.4 Å². The number of aryl methyl sites for hydroxylation is 1. The predicted molar refractivity (Wildman–Crippen MR) is 136 cm³/mol. The Hall–Kier alpha value is -2.71. The molecule has 0 unspecified atom stereocenters. The molecule has 0 atom stereocenters. The minimum Gasteiger partial charge on any atom is -0.497 e. The number of methoxy groups -OCH3 is 1. The number of benzene rings is 1. The van der Waals surface area contributed by atoms with Gasteiger partial charge in [0.1, 0.15) is 21.9 Å². The quantitative estimate of drug-likeness (QED) is 0.273. The first kappa shape index (κ1) is 22.1. The van der Waals surface area contributed by atoms with E-state index in [0.717, 1.165) is 39.3 Å². The minimum absolute atomic E-state index is 0.0839. The summed E-state index contributed by atoms with van der Waals surface area (Å²) in [6, 6.07) is 7.35. The van der Waals surface area contributed by atoms with Crippen molar-refractivity contribution in [2.45, 2.75) is 44.6 Å². The van der Waals surface area contributed by atoms with E-state index in [4.69, 9.17) is 9.72 Å². The summed E-state index contributed by atoms with van der Waals surface area (Å²) < 4.78 is 6.25. The molecule has 33 heavy (non-hydrogen) atoms. The Morgan fingerprint density at radius 2 is 2.09 bits per heavy atom. The van der Waals surface area contributed by atoms with Crippen LogP contribution in [0.3, 0.4) is 0 Å². The van der Waals surface area contributed by atoms with Gasteiger partial charge in [0.25, 0.3) is 0 Å². The molecule has 0 spiro atoms. The Morgan fingerprint density at radius 1 is 1.24 bits per heavy atom. The molecule has 0 bridgehead atoms. The van der Waals surface area contributed by atoms with Crippen molar-refractivity contribution >= 4 is 55.1 Å². The van der Waals surface area contributed by atoms with Gasteiger partial charge in [-0.2, -0.15) is 0 Å². The molecule has 4 aromatic rings. The zero-order valence-corrected chi connectivity index (χ0v) is 20.6. The average Bonchev–Trinajstić information content (AvgIpc) is 3.42. The number of amides is 1. The van der Waals surface area contributed by atoms with Gasteiger partial charge < -0.3 is 10.1 Å². The topological polar surface area (TPSA) is 77.0 Å². The van der Waals surface area contributed by atoms with Crippen molar-refractivity contribution in [3.63, 3.8) is 0 Å². The van der Waals surface area contributed by atoms with E-state index < -0.39 is 0 Å². The molecule has 5 rings (SSSR count). The maximum Gasteiger partial charge on any atom is 0.234 e. The molecule has 1 aromatic carbocycles. The average molecular weight is 479 g/mol. The zero-order valence-electron chi connectivity index (χ0n) is 19.0. The number of nitrogens with zero attached hydrogens (tertiary/aromatic N) is 3. The number of hydrogen-bond donors (Lipinski definition) is 1. The zero-order chi connectivity index (χ0) is 22.9. The number of rotatable bonds is 7. The summed E-state index contributed by atoms with van der Waals surface area (Å²) in [4.78, 5) is 27.8. The summed E-state index contributed by atoms with van der Waals surface area (Å²) in [5, 5.41) is 4.96. The van der Waals surface area contributed by atoms with E-state index in [2.05, 4.69) is 29.1 Å². The lowest BCUT2D eigenvalue weighted by Crippen LogP contribution is -2.14. The SMILES string of the molecule is COc1cccc(NC(=O)CSc2ncnc3c2sc2nc(CC(C)C)c4c(c23)CCC4)c1. The van der Waals surface area contributed by atoms with Crippen molar-refractivity contribution < 1.29 is 9.53 Å². The molecule has 0 radical (unpaired) electrons. The van der Waals surface area contributed by atoms with E-state index in [9.17, 15) is 4.79 Å². The molecule has 1 N–H and O–H groups in total. The van der Waals surface area contributed by atoms with Gasteiger partial charge in [0.15, 0.2) is 0 Å². The summed E-state index contributed by atoms with van der Waals surface area (Å²) in [7, 11) is 1.61. The molecule has 0 saturated carbocycles. The molecule has 8 heteroatoms. The fraction of sp³-hybridized carbons (Fsp3) is 0.360. The monoisotopic (exact) mass is 478 g/mol. The van der Waals surface area contributed by atoms with E-state index in [1.165, 1.54) is 40.4 Å². The van der Waals surface area contributed by atoms with Crippen LogP contribution >= 0.6 is 23.1 Å². The smallest absolute Gasteiger partial charge is 0.234 e. The minimum atomic E-state index is -0.0839. The Morgan fingerprint density at radius 3 is 2.91 bits per heavy atom. The van der Waals surface area contributed by atoms with Gasteiger partial charge in [-0.25, -0.2) is 15.0 Å². The first-order valence-corrected chi connectivity index (χ1v) is 13.0. The molecule has 3 heterocycles. The second kappa shape index (κ2) is 9.27. The number of thiophene rings is 1. The first-order chi connectivity index (χ1) is 16.0. The lowest BCUT2D eigenvalue weighted by Gasteiger charge is -2.11. The highest BCUT2D eigenvalue weighted by Crippen LogP contribution is 2.42. The van der Waals surface area contributed by atoms with Crippen molar-refractivity contribution in [3.05, 3.63) is 47.4 Å². The number of hydrogen-bond acceptors (Lipinski definition) is 7. The summed E-state index contributed by atoms with van der Waals surface area (Å²) >= 11 is 3.09. The number of carbonyl (C=O) groups excluding carboxylic acids is 1. The lowest BCUT2D eigenvalue weighted by molar-refractivity contribution is -0.113. The third-order valence-electron chi connectivity index (χ3n) is 5.82. The van der Waals surface area contributed by atoms with Crippen LogP contribution in [0.1, 0.15) is 37.1 Å². The molecule has 1 amide bonds. The molecule has 0 fully saturated rings. The van der Waals surface area contributed by atoms with Gasteiger partial charge in [0.05, 0.1) is 23.1 Å². The van der Waals surface area contributed by atoms with Crippen LogP contribution in [-0.4, -0.2) is 33.7 Å². The molecule has 1 aliphatic carbocycles. The number of aromatic nitrogens is 3. The van der Waals surface area contributed by atoms with Crippen LogP contribution < -0.4 is 10.1 Å². The summed E-state index contributed by atoms with van der Waals surface area (Å²) in [5.41, 5.74) is 5.79. The third-order valence-corrected chi connectivity index (χ3v) is 8.02. The first-order valence-electron chi connectivity index (χ1n) is 11.2. The maximum atomic E-state index is 12.6. The highest BCUT2D eigenvalue weighted by atomic mass is 32.2. The largest absolute Gasteiger partial charge is 0.497 e. The normalized spacial score (nSPS) is 13.1. The summed E-state index contributed by atoms with van der Waals surface area (Å²) in [6.45, 7) is 4.49. The van der Waals surface area contributed by atoms with E-state index >= 15 is 0 Å². The van der Waals surface area contributed by atoms with Crippen molar-refractivity contribution in [1.29, 1.82) is 0 Å². The molecule has 0 aliphatic heterocycles. The molecule has 1 aliphatic rings. The number of pyridine rings is 1. The molecule has 170 valence electrons. The van der Waals surface area contributed by atoms with Crippen molar-refractivity contribution in [1.82, 2.24) is 15.0 Å². The standard InChI is InChI=1S/C25H26N4O2S2/c1-14(2)10-19-17-8-5-9-18(17)21-22-23(33-24(21)29-19)25(27-13-26-22)32-12-20(30)28-15-6-4-7-16(11-15)31-3/h4,6-7,11,13-14H,5,8-10,12H2,1-3H3,(H,28,30). The van der Waals surface area contributed by atoms with Gasteiger partial charge in [0, 0.05) is 22.8 Å². The molecular weight excluding hydrogens is 452 g/mol. The van der Waals surface area contributed by atoms with Crippen LogP contribution in [0.15, 0.2) is 35.6 Å². The summed E-state index contributed by atoms with van der Waals surface area (Å²) in [5.74, 6) is 1.46. The van der Waals surface area contributed by atoms with Crippen molar-refractivity contribution in [3.8, 4) is 5.75 Å². The highest BCUT2D eigenvalue weighted by Gasteiger charge is 2.24. The van der Waals surface area contributed by atoms with Gasteiger partial charge in [-0.3, -0.25) is 4.79 Å². The Kier molecular flexibility index (Phi) is 6.21. The molecule has 0 saturated heterocycles.